The maximum Gasteiger partial charge on any atom is 0.255 e. The summed E-state index contributed by atoms with van der Waals surface area (Å²) in [4.78, 5) is 20.1. The molecular weight excluding hydrogens is 467 g/mol. The minimum Gasteiger partial charge on any atom is -0.393 e. The van der Waals surface area contributed by atoms with E-state index in [0.717, 1.165) is 48.0 Å². The Morgan fingerprint density at radius 2 is 1.84 bits per heavy atom. The fraction of sp³-hybridized carbons (Fsp3) is 0.500. The molecule has 1 saturated heterocycles. The van der Waals surface area contributed by atoms with Gasteiger partial charge in [0.1, 0.15) is 5.82 Å². The maximum atomic E-state index is 14.9. The molecule has 3 aromatic rings. The molecule has 1 unspecified atom stereocenters. The number of rotatable bonds is 5. The molecule has 1 amide bonds. The van der Waals surface area contributed by atoms with Crippen molar-refractivity contribution in [2.45, 2.75) is 55.8 Å². The van der Waals surface area contributed by atoms with E-state index in [-0.39, 0.29) is 35.8 Å². The number of hydrogen-bond acceptors (Lipinski definition) is 4. The molecule has 37 heavy (non-hydrogen) atoms. The van der Waals surface area contributed by atoms with Crippen LogP contribution in [0, 0.1) is 5.82 Å². The molecule has 2 heterocycles. The van der Waals surface area contributed by atoms with Gasteiger partial charge in [0.25, 0.3) is 5.91 Å². The van der Waals surface area contributed by atoms with E-state index in [4.69, 9.17) is 0 Å². The zero-order valence-electron chi connectivity index (χ0n) is 22.2. The van der Waals surface area contributed by atoms with Gasteiger partial charge in [0.05, 0.1) is 17.2 Å². The lowest BCUT2D eigenvalue weighted by molar-refractivity contribution is 0.0133. The smallest absolute Gasteiger partial charge is 0.255 e. The summed E-state index contributed by atoms with van der Waals surface area (Å²) in [5, 5.41) is 10.8. The van der Waals surface area contributed by atoms with Gasteiger partial charge in [0, 0.05) is 68.4 Å². The molecule has 1 saturated carbocycles. The lowest BCUT2D eigenvalue weighted by atomic mass is 9.88. The van der Waals surface area contributed by atoms with Crippen molar-refractivity contribution in [1.29, 1.82) is 0 Å². The van der Waals surface area contributed by atoms with Crippen molar-refractivity contribution >= 4 is 16.8 Å². The zero-order valence-corrected chi connectivity index (χ0v) is 22.2. The van der Waals surface area contributed by atoms with Gasteiger partial charge in [-0.3, -0.25) is 9.69 Å². The van der Waals surface area contributed by atoms with E-state index in [0.29, 0.717) is 24.4 Å². The molecule has 2 aromatic carbocycles. The molecule has 3 aliphatic rings. The molecule has 1 aromatic heterocycles. The molecule has 0 spiro atoms. The molecule has 0 radical (unpaired) electrons. The van der Waals surface area contributed by atoms with Crippen molar-refractivity contribution in [2.75, 3.05) is 34.2 Å². The number of aliphatic hydroxyl groups excluding tert-OH is 1. The minimum absolute atomic E-state index is 0.00509. The van der Waals surface area contributed by atoms with E-state index in [1.165, 1.54) is 5.56 Å². The topological polar surface area (TPSA) is 52.0 Å². The fourth-order valence-electron chi connectivity index (χ4n) is 7.07. The third kappa shape index (κ3) is 3.99. The first-order valence-electron chi connectivity index (χ1n) is 13.5. The maximum absolute atomic E-state index is 14.9. The fourth-order valence-corrected chi connectivity index (χ4v) is 7.07. The Morgan fingerprint density at radius 3 is 2.57 bits per heavy atom. The van der Waals surface area contributed by atoms with Crippen molar-refractivity contribution in [2.24, 2.45) is 7.05 Å². The number of carbonyl (C=O) groups is 1. The Labute approximate surface area is 218 Å². The van der Waals surface area contributed by atoms with Crippen LogP contribution in [-0.4, -0.2) is 82.7 Å². The van der Waals surface area contributed by atoms with Gasteiger partial charge < -0.3 is 19.5 Å². The number of aliphatic hydroxyl groups is 1. The molecule has 7 heteroatoms. The van der Waals surface area contributed by atoms with Gasteiger partial charge in [-0.15, -0.1) is 0 Å². The van der Waals surface area contributed by atoms with E-state index in [1.807, 2.05) is 32.3 Å². The average Bonchev–Trinajstić information content (AvgIpc) is 3.57. The number of likely N-dealkylation sites (tertiary alicyclic amines) is 1. The summed E-state index contributed by atoms with van der Waals surface area (Å²) >= 11 is 0. The van der Waals surface area contributed by atoms with Crippen LogP contribution in [0.2, 0.25) is 0 Å². The molecule has 196 valence electrons. The number of carbonyl (C=O) groups excluding carboxylic acids is 1. The van der Waals surface area contributed by atoms with Crippen molar-refractivity contribution in [3.63, 3.8) is 0 Å². The second-order valence-electron chi connectivity index (χ2n) is 11.6. The van der Waals surface area contributed by atoms with Crippen molar-refractivity contribution in [3.8, 4) is 0 Å². The number of likely N-dealkylation sites (N-methyl/N-ethyl adjacent to an activating group) is 1. The summed E-state index contributed by atoms with van der Waals surface area (Å²) in [6.45, 7) is 1.75. The summed E-state index contributed by atoms with van der Waals surface area (Å²) in [6, 6.07) is 12.0. The van der Waals surface area contributed by atoms with Gasteiger partial charge >= 0.3 is 0 Å². The lowest BCUT2D eigenvalue weighted by Gasteiger charge is -2.38. The quantitative estimate of drug-likeness (QED) is 0.572. The van der Waals surface area contributed by atoms with Gasteiger partial charge in [-0.1, -0.05) is 24.3 Å². The SMILES string of the molecule is CN(C(=O)c1cccc2c([C@H]3CN(C4CCc5cccc(F)c54)C[C@@H]3N(C)C)cn(C)c12)C1CC(O)C1. The van der Waals surface area contributed by atoms with Gasteiger partial charge in [-0.2, -0.15) is 0 Å². The van der Waals surface area contributed by atoms with E-state index >= 15 is 0 Å². The summed E-state index contributed by atoms with van der Waals surface area (Å²) < 4.78 is 17.0. The Kier molecular flexibility index (Phi) is 6.13. The normalized spacial score (nSPS) is 27.6. The number of nitrogens with zero attached hydrogens (tertiary/aromatic N) is 4. The third-order valence-corrected chi connectivity index (χ3v) is 9.20. The number of fused-ring (bicyclic) bond motifs is 2. The van der Waals surface area contributed by atoms with E-state index < -0.39 is 0 Å². The van der Waals surface area contributed by atoms with Crippen LogP contribution < -0.4 is 0 Å². The zero-order chi connectivity index (χ0) is 26.0. The lowest BCUT2D eigenvalue weighted by Crippen LogP contribution is -2.47. The predicted molar refractivity (Wildman–Crippen MR) is 143 cm³/mol. The molecule has 6 rings (SSSR count). The van der Waals surface area contributed by atoms with Crippen LogP contribution in [0.3, 0.4) is 0 Å². The molecular formula is C30H37FN4O2. The monoisotopic (exact) mass is 504 g/mol. The van der Waals surface area contributed by atoms with E-state index in [9.17, 15) is 14.3 Å². The summed E-state index contributed by atoms with van der Waals surface area (Å²) in [5.41, 5.74) is 4.95. The molecule has 1 aliphatic heterocycles. The number of benzene rings is 2. The van der Waals surface area contributed by atoms with Crippen LogP contribution in [0.25, 0.3) is 10.9 Å². The average molecular weight is 505 g/mol. The largest absolute Gasteiger partial charge is 0.393 e. The number of halogens is 1. The molecule has 6 nitrogen and oxygen atoms in total. The standard InChI is InChI=1S/C30H37FN4O2/c1-32(2)27-17-35(26-12-11-18-7-5-10-25(31)28(18)26)16-24(27)23-15-33(3)29-21(23)8-6-9-22(29)30(37)34(4)19-13-20(36)14-19/h5-10,15,19-20,24,26-27,36H,11-14,16-17H2,1-4H3/t19?,20?,24-,26?,27+/m1/s1. The van der Waals surface area contributed by atoms with Crippen LogP contribution in [0.5, 0.6) is 0 Å². The second-order valence-corrected chi connectivity index (χ2v) is 11.6. The van der Waals surface area contributed by atoms with Gasteiger partial charge in [0.15, 0.2) is 0 Å². The predicted octanol–water partition coefficient (Wildman–Crippen LogP) is 3.93. The highest BCUT2D eigenvalue weighted by molar-refractivity contribution is 6.07. The van der Waals surface area contributed by atoms with Crippen LogP contribution in [0.4, 0.5) is 4.39 Å². The highest BCUT2D eigenvalue weighted by Crippen LogP contribution is 2.44. The van der Waals surface area contributed by atoms with Crippen molar-refractivity contribution in [3.05, 3.63) is 70.7 Å². The first kappa shape index (κ1) is 24.6. The van der Waals surface area contributed by atoms with Gasteiger partial charge in [0.2, 0.25) is 0 Å². The second kappa shape index (κ2) is 9.22. The Hall–Kier alpha value is -2.74. The minimum atomic E-state index is -0.300. The van der Waals surface area contributed by atoms with Crippen LogP contribution >= 0.6 is 0 Å². The number of hydrogen-bond donors (Lipinski definition) is 1. The number of para-hydroxylation sites is 1. The third-order valence-electron chi connectivity index (χ3n) is 9.20. The summed E-state index contributed by atoms with van der Waals surface area (Å²) in [7, 11) is 8.13. The summed E-state index contributed by atoms with van der Waals surface area (Å²) in [6.07, 6.45) is 5.07. The molecule has 3 atom stereocenters. The molecule has 1 N–H and O–H groups in total. The molecule has 2 fully saturated rings. The first-order valence-corrected chi connectivity index (χ1v) is 13.5. The van der Waals surface area contributed by atoms with Crippen molar-refractivity contribution in [1.82, 2.24) is 19.3 Å². The highest BCUT2D eigenvalue weighted by atomic mass is 19.1. The van der Waals surface area contributed by atoms with Crippen LogP contribution in [0.15, 0.2) is 42.6 Å². The van der Waals surface area contributed by atoms with Crippen LogP contribution in [0.1, 0.15) is 58.3 Å². The number of amides is 1. The Morgan fingerprint density at radius 1 is 1.08 bits per heavy atom. The number of aromatic nitrogens is 1. The Balaban J connectivity index is 1.34. The molecule has 0 bridgehead atoms. The summed E-state index contributed by atoms with van der Waals surface area (Å²) in [5.74, 6) is 0.172. The Bertz CT molecular complexity index is 1340. The van der Waals surface area contributed by atoms with Gasteiger partial charge in [-0.25, -0.2) is 4.39 Å². The first-order chi connectivity index (χ1) is 17.7. The van der Waals surface area contributed by atoms with E-state index in [1.54, 1.807) is 11.0 Å². The van der Waals surface area contributed by atoms with Gasteiger partial charge in [-0.05, 0) is 63.0 Å². The molecule has 2 aliphatic carbocycles. The van der Waals surface area contributed by atoms with Crippen molar-refractivity contribution < 1.29 is 14.3 Å². The number of aryl methyl sites for hydroxylation is 2. The van der Waals surface area contributed by atoms with E-state index in [2.05, 4.69) is 46.8 Å². The highest BCUT2D eigenvalue weighted by Gasteiger charge is 2.42. The van der Waals surface area contributed by atoms with Crippen LogP contribution in [-0.2, 0) is 13.5 Å².